The summed E-state index contributed by atoms with van der Waals surface area (Å²) in [6.07, 6.45) is -0.142. The van der Waals surface area contributed by atoms with Crippen molar-refractivity contribution in [3.05, 3.63) is 33.9 Å². The zero-order chi connectivity index (χ0) is 11.4. The molecule has 1 aromatic carbocycles. The van der Waals surface area contributed by atoms with E-state index in [9.17, 15) is 10.1 Å². The van der Waals surface area contributed by atoms with Crippen molar-refractivity contribution in [1.82, 2.24) is 0 Å². The molecule has 1 rings (SSSR count). The van der Waals surface area contributed by atoms with Gasteiger partial charge < -0.3 is 4.74 Å². The van der Waals surface area contributed by atoms with Crippen LogP contribution >= 0.6 is 0 Å². The molecule has 0 amide bonds. The first-order valence-electron chi connectivity index (χ1n) is 4.39. The van der Waals surface area contributed by atoms with Crippen LogP contribution in [0, 0.1) is 21.4 Å². The highest BCUT2D eigenvalue weighted by molar-refractivity contribution is 5.51. The molecule has 5 nitrogen and oxygen atoms in total. The normalized spacial score (nSPS) is 9.73. The van der Waals surface area contributed by atoms with E-state index in [4.69, 9.17) is 10.00 Å². The van der Waals surface area contributed by atoms with Crippen molar-refractivity contribution in [1.29, 1.82) is 5.26 Å². The van der Waals surface area contributed by atoms with Gasteiger partial charge in [0.25, 0.3) is 0 Å². The molecule has 0 unspecified atom stereocenters. The number of nitrogens with zero attached hydrogens (tertiary/aromatic N) is 2. The van der Waals surface area contributed by atoms with Crippen LogP contribution in [0.25, 0.3) is 0 Å². The number of hydrogen-bond donors (Lipinski definition) is 0. The van der Waals surface area contributed by atoms with Gasteiger partial charge in [0.1, 0.15) is 0 Å². The molecule has 78 valence electrons. The van der Waals surface area contributed by atoms with Gasteiger partial charge in [0.05, 0.1) is 22.7 Å². The van der Waals surface area contributed by atoms with Crippen LogP contribution in [-0.2, 0) is 0 Å². The Bertz CT molecular complexity index is 421. The van der Waals surface area contributed by atoms with Crippen molar-refractivity contribution in [3.8, 4) is 11.8 Å². The maximum absolute atomic E-state index is 10.7. The van der Waals surface area contributed by atoms with Crippen LogP contribution in [0.2, 0.25) is 0 Å². The smallest absolute Gasteiger partial charge is 0.312 e. The lowest BCUT2D eigenvalue weighted by Crippen LogP contribution is -2.07. The third-order valence-electron chi connectivity index (χ3n) is 1.65. The van der Waals surface area contributed by atoms with Crippen molar-refractivity contribution < 1.29 is 9.66 Å². The summed E-state index contributed by atoms with van der Waals surface area (Å²) in [5.41, 5.74) is 0.0700. The average molecular weight is 206 g/mol. The van der Waals surface area contributed by atoms with E-state index in [0.29, 0.717) is 0 Å². The molecule has 0 N–H and O–H groups in total. The molecule has 0 atom stereocenters. The highest BCUT2D eigenvalue weighted by atomic mass is 16.6. The summed E-state index contributed by atoms with van der Waals surface area (Å²) in [4.78, 5) is 10.1. The van der Waals surface area contributed by atoms with Gasteiger partial charge in [-0.05, 0) is 26.0 Å². The summed E-state index contributed by atoms with van der Waals surface area (Å²) >= 11 is 0. The second-order valence-electron chi connectivity index (χ2n) is 3.22. The van der Waals surface area contributed by atoms with E-state index in [-0.39, 0.29) is 23.1 Å². The van der Waals surface area contributed by atoms with Crippen molar-refractivity contribution in [2.45, 2.75) is 20.0 Å². The van der Waals surface area contributed by atoms with Gasteiger partial charge in [-0.25, -0.2) is 0 Å². The second-order valence-corrected chi connectivity index (χ2v) is 3.22. The minimum absolute atomic E-state index is 0.142. The van der Waals surface area contributed by atoms with E-state index in [1.807, 2.05) is 6.07 Å². The average Bonchev–Trinajstić information content (AvgIpc) is 2.17. The highest BCUT2D eigenvalue weighted by Gasteiger charge is 2.16. The molecule has 0 aliphatic rings. The fourth-order valence-corrected chi connectivity index (χ4v) is 1.08. The Kier molecular flexibility index (Phi) is 3.24. The van der Waals surface area contributed by atoms with E-state index >= 15 is 0 Å². The van der Waals surface area contributed by atoms with E-state index in [1.165, 1.54) is 18.2 Å². The lowest BCUT2D eigenvalue weighted by molar-refractivity contribution is -0.386. The first-order valence-corrected chi connectivity index (χ1v) is 4.39. The molecule has 0 heterocycles. The third kappa shape index (κ3) is 2.68. The number of nitro groups is 1. The molecular formula is C10H10N2O3. The van der Waals surface area contributed by atoms with E-state index < -0.39 is 4.92 Å². The topological polar surface area (TPSA) is 76.2 Å². The maximum Gasteiger partial charge on any atom is 0.312 e. The van der Waals surface area contributed by atoms with Crippen molar-refractivity contribution in [3.63, 3.8) is 0 Å². The highest BCUT2D eigenvalue weighted by Crippen LogP contribution is 2.28. The molecule has 0 saturated heterocycles. The van der Waals surface area contributed by atoms with Gasteiger partial charge in [-0.1, -0.05) is 0 Å². The van der Waals surface area contributed by atoms with Crippen LogP contribution in [0.4, 0.5) is 5.69 Å². The van der Waals surface area contributed by atoms with Crippen molar-refractivity contribution in [2.75, 3.05) is 0 Å². The molecule has 0 aliphatic heterocycles. The molecule has 0 aromatic heterocycles. The minimum atomic E-state index is -0.557. The van der Waals surface area contributed by atoms with Crippen LogP contribution in [-0.4, -0.2) is 11.0 Å². The van der Waals surface area contributed by atoms with Gasteiger partial charge in [-0.15, -0.1) is 0 Å². The van der Waals surface area contributed by atoms with Gasteiger partial charge >= 0.3 is 5.69 Å². The van der Waals surface area contributed by atoms with Gasteiger partial charge in [-0.3, -0.25) is 10.1 Å². The van der Waals surface area contributed by atoms with Gasteiger partial charge in [0, 0.05) is 6.07 Å². The first kappa shape index (κ1) is 11.0. The number of nitriles is 1. The fraction of sp³-hybridized carbons (Fsp3) is 0.300. The third-order valence-corrected chi connectivity index (χ3v) is 1.65. The molecule has 0 fully saturated rings. The summed E-state index contributed by atoms with van der Waals surface area (Å²) in [6, 6.07) is 5.98. The number of benzene rings is 1. The van der Waals surface area contributed by atoms with E-state index in [2.05, 4.69) is 0 Å². The molecule has 1 aromatic rings. The number of hydrogen-bond acceptors (Lipinski definition) is 4. The van der Waals surface area contributed by atoms with Crippen molar-refractivity contribution in [2.24, 2.45) is 0 Å². The predicted octanol–water partition coefficient (Wildman–Crippen LogP) is 2.25. The lowest BCUT2D eigenvalue weighted by Gasteiger charge is -2.09. The Hall–Kier alpha value is -2.09. The van der Waals surface area contributed by atoms with Crippen LogP contribution in [0.15, 0.2) is 18.2 Å². The molecule has 0 saturated carbocycles. The second kappa shape index (κ2) is 4.42. The zero-order valence-electron chi connectivity index (χ0n) is 8.43. The summed E-state index contributed by atoms with van der Waals surface area (Å²) in [5.74, 6) is 0.189. The predicted molar refractivity (Wildman–Crippen MR) is 53.6 cm³/mol. The zero-order valence-corrected chi connectivity index (χ0v) is 8.43. The molecule has 15 heavy (non-hydrogen) atoms. The molecule has 0 bridgehead atoms. The van der Waals surface area contributed by atoms with Gasteiger partial charge in [0.15, 0.2) is 5.75 Å². The molecule has 0 radical (unpaired) electrons. The van der Waals surface area contributed by atoms with Crippen LogP contribution in [0.5, 0.6) is 5.75 Å². The summed E-state index contributed by atoms with van der Waals surface area (Å²) in [6.45, 7) is 3.56. The number of nitro benzene ring substituents is 1. The number of rotatable bonds is 3. The summed E-state index contributed by atoms with van der Waals surface area (Å²) in [5, 5.41) is 19.3. The van der Waals surface area contributed by atoms with Gasteiger partial charge in [-0.2, -0.15) is 5.26 Å². The summed E-state index contributed by atoms with van der Waals surface area (Å²) in [7, 11) is 0. The van der Waals surface area contributed by atoms with Gasteiger partial charge in [0.2, 0.25) is 0 Å². The molecule has 0 aliphatic carbocycles. The monoisotopic (exact) mass is 206 g/mol. The Morgan fingerprint density at radius 3 is 2.67 bits per heavy atom. The van der Waals surface area contributed by atoms with Crippen LogP contribution < -0.4 is 4.74 Å². The largest absolute Gasteiger partial charge is 0.484 e. The minimum Gasteiger partial charge on any atom is -0.484 e. The van der Waals surface area contributed by atoms with Crippen molar-refractivity contribution >= 4 is 5.69 Å². The molecular weight excluding hydrogens is 196 g/mol. The SMILES string of the molecule is CC(C)Oc1ccc(C#N)cc1[N+](=O)[O-]. The Labute approximate surface area is 87.1 Å². The Balaban J connectivity index is 3.16. The Morgan fingerprint density at radius 1 is 1.53 bits per heavy atom. The standard InChI is InChI=1S/C10H10N2O3/c1-7(2)15-10-4-3-8(6-11)5-9(10)12(13)14/h3-5,7H,1-2H3. The fourth-order valence-electron chi connectivity index (χ4n) is 1.08. The maximum atomic E-state index is 10.7. The lowest BCUT2D eigenvalue weighted by atomic mass is 10.2. The van der Waals surface area contributed by atoms with E-state index in [1.54, 1.807) is 13.8 Å². The van der Waals surface area contributed by atoms with Crippen LogP contribution in [0.3, 0.4) is 0 Å². The molecule has 0 spiro atoms. The quantitative estimate of drug-likeness (QED) is 0.561. The van der Waals surface area contributed by atoms with E-state index in [0.717, 1.165) is 0 Å². The first-order chi connectivity index (χ1) is 7.04. The summed E-state index contributed by atoms with van der Waals surface area (Å²) < 4.78 is 5.26. The molecule has 5 heteroatoms. The number of ether oxygens (including phenoxy) is 1. The Morgan fingerprint density at radius 2 is 2.20 bits per heavy atom. The van der Waals surface area contributed by atoms with Crippen LogP contribution in [0.1, 0.15) is 19.4 Å².